The van der Waals surface area contributed by atoms with Crippen molar-refractivity contribution < 1.29 is 4.79 Å². The summed E-state index contributed by atoms with van der Waals surface area (Å²) in [5.74, 6) is 0.578. The Morgan fingerprint density at radius 1 is 1.50 bits per heavy atom. The predicted octanol–water partition coefficient (Wildman–Crippen LogP) is 2.35. The average Bonchev–Trinajstić information content (AvgIpc) is 3.02. The molecule has 0 aromatic carbocycles. The van der Waals surface area contributed by atoms with Gasteiger partial charge >= 0.3 is 0 Å². The van der Waals surface area contributed by atoms with Gasteiger partial charge in [0.25, 0.3) is 5.91 Å². The van der Waals surface area contributed by atoms with Crippen molar-refractivity contribution in [2.75, 3.05) is 13.1 Å². The molecule has 1 aliphatic carbocycles. The van der Waals surface area contributed by atoms with E-state index in [9.17, 15) is 4.79 Å². The number of piperidine rings is 1. The molecule has 1 saturated carbocycles. The molecule has 0 spiro atoms. The van der Waals surface area contributed by atoms with Gasteiger partial charge in [0, 0.05) is 13.1 Å². The maximum Gasteiger partial charge on any atom is 0.265 e. The van der Waals surface area contributed by atoms with Crippen molar-refractivity contribution in [1.29, 1.82) is 0 Å². The lowest BCUT2D eigenvalue weighted by molar-refractivity contribution is -0.126. The van der Waals surface area contributed by atoms with Crippen LogP contribution in [0.3, 0.4) is 0 Å². The smallest absolute Gasteiger partial charge is 0.265 e. The van der Waals surface area contributed by atoms with Gasteiger partial charge in [-0.25, -0.2) is 0 Å². The third kappa shape index (κ3) is 2.50. The first-order valence-corrected chi connectivity index (χ1v) is 5.63. The molecule has 14 heavy (non-hydrogen) atoms. The second kappa shape index (κ2) is 4.35. The molecule has 2 nitrogen and oxygen atoms in total. The number of rotatable bonds is 2. The quantitative estimate of drug-likeness (QED) is 0.644. The molecule has 2 aliphatic rings. The average molecular weight is 213 g/mol. The molecule has 0 bridgehead atoms. The normalized spacial score (nSPS) is 23.8. The van der Waals surface area contributed by atoms with Gasteiger partial charge in [-0.05, 0) is 38.0 Å². The van der Waals surface area contributed by atoms with Crippen LogP contribution in [0.5, 0.6) is 0 Å². The molecule has 2 fully saturated rings. The van der Waals surface area contributed by atoms with Gasteiger partial charge in [-0.2, -0.15) is 0 Å². The molecule has 2 rings (SSSR count). The molecule has 1 amide bonds. The highest BCUT2D eigenvalue weighted by molar-refractivity contribution is 6.42. The number of carbonyl (C=O) groups is 1. The van der Waals surface area contributed by atoms with Crippen LogP contribution in [0.4, 0.5) is 0 Å². The highest BCUT2D eigenvalue weighted by Gasteiger charge is 2.24. The Labute approximate surface area is 89.9 Å². The zero-order chi connectivity index (χ0) is 9.97. The minimum absolute atomic E-state index is 0.00881. The lowest BCUT2D eigenvalue weighted by Crippen LogP contribution is -2.36. The molecular weight excluding hydrogens is 198 g/mol. The van der Waals surface area contributed by atoms with Gasteiger partial charge in [0.1, 0.15) is 5.03 Å². The lowest BCUT2D eigenvalue weighted by Gasteiger charge is -2.26. The van der Waals surface area contributed by atoms with Crippen molar-refractivity contribution in [2.24, 2.45) is 5.92 Å². The number of halogens is 1. The van der Waals surface area contributed by atoms with E-state index >= 15 is 0 Å². The van der Waals surface area contributed by atoms with E-state index in [1.807, 2.05) is 11.0 Å². The standard InChI is InChI=1S/C11H15ClNO/c12-10(8-9-4-5-9)11(14)13-6-2-1-3-7-13/h2,8-9H,1,3-7H2. The molecule has 0 unspecified atom stereocenters. The minimum atomic E-state index is 0.00881. The van der Waals surface area contributed by atoms with E-state index in [4.69, 9.17) is 11.6 Å². The van der Waals surface area contributed by atoms with Crippen LogP contribution >= 0.6 is 11.6 Å². The molecule has 0 N–H and O–H groups in total. The number of hydrogen-bond donors (Lipinski definition) is 0. The lowest BCUT2D eigenvalue weighted by atomic mass is 10.1. The third-order valence-corrected chi connectivity index (χ3v) is 2.97. The second-order valence-electron chi connectivity index (χ2n) is 4.03. The van der Waals surface area contributed by atoms with E-state index in [1.165, 1.54) is 12.8 Å². The van der Waals surface area contributed by atoms with Crippen LogP contribution in [-0.4, -0.2) is 23.9 Å². The van der Waals surface area contributed by atoms with Gasteiger partial charge in [0.05, 0.1) is 0 Å². The number of carbonyl (C=O) groups excluding carboxylic acids is 1. The predicted molar refractivity (Wildman–Crippen MR) is 56.8 cm³/mol. The fraction of sp³-hybridized carbons (Fsp3) is 0.636. The summed E-state index contributed by atoms with van der Waals surface area (Å²) in [5, 5.41) is 0.419. The van der Waals surface area contributed by atoms with Crippen molar-refractivity contribution in [3.05, 3.63) is 17.5 Å². The summed E-state index contributed by atoms with van der Waals surface area (Å²) in [5.41, 5.74) is 0. The Morgan fingerprint density at radius 2 is 2.29 bits per heavy atom. The minimum Gasteiger partial charge on any atom is -0.338 e. The number of nitrogens with zero attached hydrogens (tertiary/aromatic N) is 1. The first kappa shape index (κ1) is 10.0. The number of amides is 1. The highest BCUT2D eigenvalue weighted by atomic mass is 35.5. The molecule has 77 valence electrons. The summed E-state index contributed by atoms with van der Waals surface area (Å²) in [7, 11) is 0. The molecule has 1 heterocycles. The van der Waals surface area contributed by atoms with Gasteiger partial charge in [-0.1, -0.05) is 17.7 Å². The van der Waals surface area contributed by atoms with Crippen molar-refractivity contribution in [3.8, 4) is 0 Å². The summed E-state index contributed by atoms with van der Waals surface area (Å²) in [6.07, 6.45) is 8.62. The van der Waals surface area contributed by atoms with Crippen LogP contribution in [0.15, 0.2) is 11.1 Å². The Bertz CT molecular complexity index is 252. The zero-order valence-corrected chi connectivity index (χ0v) is 8.96. The zero-order valence-electron chi connectivity index (χ0n) is 8.21. The monoisotopic (exact) mass is 212 g/mol. The van der Waals surface area contributed by atoms with E-state index in [0.29, 0.717) is 11.0 Å². The molecule has 1 aliphatic heterocycles. The van der Waals surface area contributed by atoms with Gasteiger partial charge in [0.2, 0.25) is 0 Å². The van der Waals surface area contributed by atoms with Crippen LogP contribution in [0.25, 0.3) is 0 Å². The first-order valence-electron chi connectivity index (χ1n) is 5.25. The molecule has 3 heteroatoms. The maximum absolute atomic E-state index is 11.8. The van der Waals surface area contributed by atoms with Gasteiger partial charge < -0.3 is 4.90 Å². The van der Waals surface area contributed by atoms with E-state index in [0.717, 1.165) is 25.9 Å². The van der Waals surface area contributed by atoms with Crippen LogP contribution in [0, 0.1) is 12.3 Å². The van der Waals surface area contributed by atoms with Crippen molar-refractivity contribution in [3.63, 3.8) is 0 Å². The van der Waals surface area contributed by atoms with E-state index in [-0.39, 0.29) is 5.91 Å². The molecule has 1 radical (unpaired) electrons. The molecule has 1 saturated heterocycles. The van der Waals surface area contributed by atoms with E-state index < -0.39 is 0 Å². The molecule has 0 atom stereocenters. The first-order chi connectivity index (χ1) is 6.77. The van der Waals surface area contributed by atoms with Gasteiger partial charge in [-0.15, -0.1) is 0 Å². The second-order valence-corrected chi connectivity index (χ2v) is 4.44. The van der Waals surface area contributed by atoms with Crippen molar-refractivity contribution in [1.82, 2.24) is 4.90 Å². The highest BCUT2D eigenvalue weighted by Crippen LogP contribution is 2.32. The summed E-state index contributed by atoms with van der Waals surface area (Å²) >= 11 is 5.96. The van der Waals surface area contributed by atoms with E-state index in [1.54, 1.807) is 0 Å². The summed E-state index contributed by atoms with van der Waals surface area (Å²) in [6.45, 7) is 1.61. The van der Waals surface area contributed by atoms with Crippen LogP contribution < -0.4 is 0 Å². The number of likely N-dealkylation sites (tertiary alicyclic amines) is 1. The van der Waals surface area contributed by atoms with Gasteiger partial charge in [0.15, 0.2) is 0 Å². The maximum atomic E-state index is 11.8. The molecular formula is C11H15ClNO. The van der Waals surface area contributed by atoms with Crippen LogP contribution in [0.2, 0.25) is 0 Å². The Balaban J connectivity index is 1.91. The molecule has 0 aromatic heterocycles. The van der Waals surface area contributed by atoms with Crippen molar-refractivity contribution >= 4 is 17.5 Å². The third-order valence-electron chi connectivity index (χ3n) is 2.68. The Morgan fingerprint density at radius 3 is 2.86 bits per heavy atom. The summed E-state index contributed by atoms with van der Waals surface area (Å²) in [6, 6.07) is 0. The fourth-order valence-electron chi connectivity index (χ4n) is 1.64. The summed E-state index contributed by atoms with van der Waals surface area (Å²) < 4.78 is 0. The fourth-order valence-corrected chi connectivity index (χ4v) is 1.94. The molecule has 0 aromatic rings. The SMILES string of the molecule is O=C(C(Cl)=CC1CC1)N1C[CH]CCC1. The number of hydrogen-bond acceptors (Lipinski definition) is 1. The van der Waals surface area contributed by atoms with E-state index in [2.05, 4.69) is 6.42 Å². The van der Waals surface area contributed by atoms with Crippen LogP contribution in [-0.2, 0) is 4.79 Å². The topological polar surface area (TPSA) is 20.3 Å². The van der Waals surface area contributed by atoms with Gasteiger partial charge in [-0.3, -0.25) is 4.79 Å². The van der Waals surface area contributed by atoms with Crippen LogP contribution in [0.1, 0.15) is 25.7 Å². The Kier molecular flexibility index (Phi) is 3.12. The van der Waals surface area contributed by atoms with Crippen molar-refractivity contribution in [2.45, 2.75) is 25.7 Å². The Hall–Kier alpha value is -0.500. The summed E-state index contributed by atoms with van der Waals surface area (Å²) in [4.78, 5) is 13.6. The number of allylic oxidation sites excluding steroid dienone is 1. The largest absolute Gasteiger partial charge is 0.338 e.